The summed E-state index contributed by atoms with van der Waals surface area (Å²) in [6.07, 6.45) is 7.49. The fourth-order valence-electron chi connectivity index (χ4n) is 3.09. The van der Waals surface area contributed by atoms with Crippen molar-refractivity contribution in [3.63, 3.8) is 0 Å². The van der Waals surface area contributed by atoms with Gasteiger partial charge in [-0.1, -0.05) is 0 Å². The zero-order valence-electron chi connectivity index (χ0n) is 13.1. The molecule has 0 aromatic carbocycles. The molecule has 9 heteroatoms. The lowest BCUT2D eigenvalue weighted by Crippen LogP contribution is -2.39. The molecule has 2 aromatic heterocycles. The summed E-state index contributed by atoms with van der Waals surface area (Å²) in [5.74, 6) is 0. The molecule has 0 radical (unpaired) electrons. The molecular formula is C16H13BrN6OS. The highest BCUT2D eigenvalue weighted by molar-refractivity contribution is 9.10. The van der Waals surface area contributed by atoms with Gasteiger partial charge in [0.25, 0.3) is 0 Å². The second-order valence-electron chi connectivity index (χ2n) is 5.73. The highest BCUT2D eigenvalue weighted by Crippen LogP contribution is 2.50. The maximum atomic E-state index is 9.68. The lowest BCUT2D eigenvalue weighted by Gasteiger charge is -2.33. The van der Waals surface area contributed by atoms with Gasteiger partial charge in [0.05, 0.1) is 32.2 Å². The average molecular weight is 417 g/mol. The van der Waals surface area contributed by atoms with Crippen LogP contribution in [0.25, 0.3) is 10.4 Å². The van der Waals surface area contributed by atoms with Crippen LogP contribution in [0.2, 0.25) is 0 Å². The molecule has 2 aliphatic rings. The van der Waals surface area contributed by atoms with Gasteiger partial charge in [-0.05, 0) is 41.3 Å². The molecule has 7 nitrogen and oxygen atoms in total. The first-order chi connectivity index (χ1) is 12.3. The summed E-state index contributed by atoms with van der Waals surface area (Å²) in [5, 5.41) is 25.8. The average Bonchev–Trinajstić information content (AvgIpc) is 3.28. The normalized spacial score (nSPS) is 25.2. The van der Waals surface area contributed by atoms with Crippen LogP contribution in [0, 0.1) is 11.3 Å². The van der Waals surface area contributed by atoms with Crippen LogP contribution in [0.1, 0.15) is 29.7 Å². The highest BCUT2D eigenvalue weighted by Gasteiger charge is 2.47. The molecule has 0 spiro atoms. The molecule has 4 rings (SSSR count). The Morgan fingerprint density at radius 3 is 2.92 bits per heavy atom. The van der Waals surface area contributed by atoms with E-state index in [2.05, 4.69) is 47.4 Å². The number of thiophene rings is 1. The Hall–Kier alpha value is -2.02. The van der Waals surface area contributed by atoms with E-state index >= 15 is 0 Å². The molecule has 2 aliphatic heterocycles. The van der Waals surface area contributed by atoms with Crippen LogP contribution >= 0.6 is 27.3 Å². The topological polar surface area (TPSA) is 95.9 Å². The molecule has 4 heterocycles. The minimum atomic E-state index is -0.922. The van der Waals surface area contributed by atoms with E-state index in [1.54, 1.807) is 12.4 Å². The van der Waals surface area contributed by atoms with Gasteiger partial charge < -0.3 is 4.74 Å². The molecule has 2 atom stereocenters. The summed E-state index contributed by atoms with van der Waals surface area (Å²) < 4.78 is 6.67. The number of hydrogen-bond donors (Lipinski definition) is 0. The molecule has 126 valence electrons. The fraction of sp³-hybridized carbons (Fsp3) is 0.375. The Morgan fingerprint density at radius 1 is 1.36 bits per heavy atom. The summed E-state index contributed by atoms with van der Waals surface area (Å²) in [7, 11) is 0. The number of rotatable bonds is 3. The molecule has 0 N–H and O–H groups in total. The maximum absolute atomic E-state index is 9.68. The Morgan fingerprint density at radius 2 is 2.28 bits per heavy atom. The van der Waals surface area contributed by atoms with Crippen molar-refractivity contribution in [1.82, 2.24) is 10.2 Å². The van der Waals surface area contributed by atoms with E-state index < -0.39 is 5.66 Å². The van der Waals surface area contributed by atoms with E-state index in [1.807, 2.05) is 6.07 Å². The Bertz CT molecular complexity index is 870. The Balaban J connectivity index is 1.87. The summed E-state index contributed by atoms with van der Waals surface area (Å²) >= 11 is 5.06. The molecule has 1 saturated heterocycles. The van der Waals surface area contributed by atoms with Crippen LogP contribution in [-0.4, -0.2) is 29.2 Å². The first kappa shape index (κ1) is 16.4. The van der Waals surface area contributed by atoms with E-state index in [0.717, 1.165) is 34.6 Å². The van der Waals surface area contributed by atoms with Gasteiger partial charge in [-0.25, -0.2) is 4.99 Å². The minimum Gasteiger partial charge on any atom is -0.373 e. The first-order valence-corrected chi connectivity index (χ1v) is 9.44. The predicted octanol–water partition coefficient (Wildman–Crippen LogP) is 4.06. The zero-order chi connectivity index (χ0) is 17.3. The van der Waals surface area contributed by atoms with Gasteiger partial charge >= 0.3 is 0 Å². The Kier molecular flexibility index (Phi) is 4.41. The molecule has 25 heavy (non-hydrogen) atoms. The summed E-state index contributed by atoms with van der Waals surface area (Å²) in [6, 6.07) is 4.11. The van der Waals surface area contributed by atoms with E-state index in [1.165, 1.54) is 17.7 Å². The van der Waals surface area contributed by atoms with E-state index in [4.69, 9.17) is 4.74 Å². The summed E-state index contributed by atoms with van der Waals surface area (Å²) in [5.41, 5.74) is 0.455. The monoisotopic (exact) mass is 416 g/mol. The molecule has 0 amide bonds. The second-order valence-corrected chi connectivity index (χ2v) is 7.55. The molecule has 0 bridgehead atoms. The minimum absolute atomic E-state index is 0.186. The van der Waals surface area contributed by atoms with Gasteiger partial charge in [0.2, 0.25) is 5.66 Å². The van der Waals surface area contributed by atoms with E-state index in [-0.39, 0.29) is 6.10 Å². The second kappa shape index (κ2) is 6.71. The van der Waals surface area contributed by atoms with Crippen molar-refractivity contribution in [3.05, 3.63) is 33.4 Å². The van der Waals surface area contributed by atoms with Gasteiger partial charge in [-0.3, -0.25) is 0 Å². The van der Waals surface area contributed by atoms with E-state index in [9.17, 15) is 5.26 Å². The number of hydrogen-bond acceptors (Lipinski definition) is 8. The number of azo groups is 1. The van der Waals surface area contributed by atoms with Crippen LogP contribution in [0.5, 0.6) is 0 Å². The number of halogens is 1. The largest absolute Gasteiger partial charge is 0.373 e. The SMILES string of the molecule is N#Cc1c(-c2ccnnc2)sc(C2(C3CCCCO3)N=CN=N2)c1Br. The molecule has 1 fully saturated rings. The fourth-order valence-corrected chi connectivity index (χ4v) is 5.30. The number of aliphatic imine (C=N–C) groups is 1. The predicted molar refractivity (Wildman–Crippen MR) is 96.4 cm³/mol. The van der Waals surface area contributed by atoms with Crippen molar-refractivity contribution < 1.29 is 4.74 Å². The molecule has 0 saturated carbocycles. The van der Waals surface area contributed by atoms with Gasteiger partial charge in [0.15, 0.2) is 0 Å². The first-order valence-electron chi connectivity index (χ1n) is 7.83. The number of nitriles is 1. The lowest BCUT2D eigenvalue weighted by atomic mass is 9.95. The highest BCUT2D eigenvalue weighted by atomic mass is 79.9. The van der Waals surface area contributed by atoms with Crippen molar-refractivity contribution in [1.29, 1.82) is 5.26 Å². The third-order valence-electron chi connectivity index (χ3n) is 4.29. The number of aromatic nitrogens is 2. The standard InChI is InChI=1S/C16H13BrN6OS/c17-13-11(7-18)14(10-4-5-20-21-8-10)25-15(13)16(19-9-22-23-16)12-3-1-2-6-24-12/h4-5,8-9,12H,1-3,6H2. The van der Waals surface area contributed by atoms with Crippen LogP contribution in [0.3, 0.4) is 0 Å². The molecular weight excluding hydrogens is 404 g/mol. The van der Waals surface area contributed by atoms with Gasteiger partial charge in [0.1, 0.15) is 18.5 Å². The molecule has 2 unspecified atom stereocenters. The smallest absolute Gasteiger partial charge is 0.233 e. The van der Waals surface area contributed by atoms with Crippen molar-refractivity contribution >= 4 is 33.6 Å². The third kappa shape index (κ3) is 2.70. The van der Waals surface area contributed by atoms with Gasteiger partial charge in [-0.15, -0.1) is 21.6 Å². The number of ether oxygens (including phenoxy) is 1. The van der Waals surface area contributed by atoms with Crippen LogP contribution in [0.15, 0.2) is 38.2 Å². The molecule has 2 aromatic rings. The number of nitrogens with zero attached hydrogens (tertiary/aromatic N) is 6. The van der Waals surface area contributed by atoms with Crippen LogP contribution < -0.4 is 0 Å². The van der Waals surface area contributed by atoms with Crippen molar-refractivity contribution in [2.45, 2.75) is 31.0 Å². The van der Waals surface area contributed by atoms with Crippen LogP contribution in [-0.2, 0) is 10.4 Å². The molecule has 0 aliphatic carbocycles. The van der Waals surface area contributed by atoms with Gasteiger partial charge in [0, 0.05) is 12.2 Å². The zero-order valence-corrected chi connectivity index (χ0v) is 15.5. The van der Waals surface area contributed by atoms with Gasteiger partial charge in [-0.2, -0.15) is 15.5 Å². The summed E-state index contributed by atoms with van der Waals surface area (Å²) in [6.45, 7) is 0.687. The van der Waals surface area contributed by atoms with Crippen molar-refractivity contribution in [3.8, 4) is 16.5 Å². The lowest BCUT2D eigenvalue weighted by molar-refractivity contribution is -0.0308. The summed E-state index contributed by atoms with van der Waals surface area (Å²) in [4.78, 5) is 6.21. The maximum Gasteiger partial charge on any atom is 0.233 e. The van der Waals surface area contributed by atoms with Crippen molar-refractivity contribution in [2.24, 2.45) is 15.2 Å². The Labute approximate surface area is 156 Å². The van der Waals surface area contributed by atoms with E-state index in [0.29, 0.717) is 16.6 Å². The van der Waals surface area contributed by atoms with Crippen molar-refractivity contribution in [2.75, 3.05) is 6.61 Å². The third-order valence-corrected chi connectivity index (χ3v) is 6.70. The van der Waals surface area contributed by atoms with Crippen LogP contribution in [0.4, 0.5) is 0 Å². The quantitative estimate of drug-likeness (QED) is 0.753.